The first-order chi connectivity index (χ1) is 8.61. The highest BCUT2D eigenvalue weighted by molar-refractivity contribution is 5.45. The van der Waals surface area contributed by atoms with Gasteiger partial charge in [0.05, 0.1) is 6.10 Å². The first-order valence-corrected chi connectivity index (χ1v) is 6.68. The molecule has 1 heterocycles. The van der Waals surface area contributed by atoms with Crippen LogP contribution < -0.4 is 5.73 Å². The van der Waals surface area contributed by atoms with E-state index in [0.717, 1.165) is 31.2 Å². The van der Waals surface area contributed by atoms with E-state index in [4.69, 9.17) is 5.73 Å². The summed E-state index contributed by atoms with van der Waals surface area (Å²) in [5, 5.41) is 20.6. The maximum Gasteiger partial charge on any atom is 0.129 e. The summed E-state index contributed by atoms with van der Waals surface area (Å²) in [7, 11) is 0. The van der Waals surface area contributed by atoms with Crippen molar-refractivity contribution in [2.45, 2.75) is 51.2 Å². The molecule has 0 aromatic carbocycles. The molecule has 18 heavy (non-hydrogen) atoms. The Bertz CT molecular complexity index is 383. The normalized spacial score (nSPS) is 20.6. The van der Waals surface area contributed by atoms with E-state index in [1.807, 2.05) is 13.0 Å². The molecule has 4 nitrogen and oxygen atoms in total. The van der Waals surface area contributed by atoms with Gasteiger partial charge in [-0.2, -0.15) is 0 Å². The monoisotopic (exact) mass is 250 g/mol. The maximum atomic E-state index is 10.3. The summed E-state index contributed by atoms with van der Waals surface area (Å²) in [5.74, 6) is 0.491. The van der Waals surface area contributed by atoms with Gasteiger partial charge in [-0.1, -0.05) is 19.3 Å². The number of hydrogen-bond acceptors (Lipinski definition) is 4. The number of nitrogens with zero attached hydrogens (tertiary/aromatic N) is 1. The second-order valence-electron chi connectivity index (χ2n) is 5.26. The van der Waals surface area contributed by atoms with Gasteiger partial charge in [0, 0.05) is 11.8 Å². The van der Waals surface area contributed by atoms with Crippen LogP contribution in [0.2, 0.25) is 0 Å². The molecule has 1 aliphatic rings. The Morgan fingerprint density at radius 2 is 1.94 bits per heavy atom. The van der Waals surface area contributed by atoms with Crippen molar-refractivity contribution >= 4 is 5.82 Å². The highest BCUT2D eigenvalue weighted by atomic mass is 16.3. The Balaban J connectivity index is 2.16. The average Bonchev–Trinajstić information content (AvgIpc) is 2.38. The number of pyridine rings is 1. The fourth-order valence-corrected chi connectivity index (χ4v) is 2.88. The largest absolute Gasteiger partial charge is 0.390 e. The third-order valence-electron chi connectivity index (χ3n) is 3.99. The van der Waals surface area contributed by atoms with Gasteiger partial charge in [0.1, 0.15) is 11.9 Å². The van der Waals surface area contributed by atoms with Gasteiger partial charge in [-0.05, 0) is 37.3 Å². The number of aromatic nitrogens is 1. The molecule has 4 N–H and O–H groups in total. The van der Waals surface area contributed by atoms with E-state index in [-0.39, 0.29) is 5.92 Å². The van der Waals surface area contributed by atoms with Crippen molar-refractivity contribution in [2.75, 3.05) is 5.73 Å². The number of anilines is 1. The van der Waals surface area contributed by atoms with Crippen LogP contribution in [-0.4, -0.2) is 21.3 Å². The third kappa shape index (κ3) is 2.65. The molecular formula is C14H22N2O2. The van der Waals surface area contributed by atoms with Gasteiger partial charge in [0.2, 0.25) is 0 Å². The third-order valence-corrected chi connectivity index (χ3v) is 3.99. The summed E-state index contributed by atoms with van der Waals surface area (Å²) in [6, 6.07) is 1.81. The fraction of sp³-hybridized carbons (Fsp3) is 0.643. The lowest BCUT2D eigenvalue weighted by Gasteiger charge is -2.30. The Morgan fingerprint density at radius 1 is 1.28 bits per heavy atom. The van der Waals surface area contributed by atoms with Crippen molar-refractivity contribution in [2.24, 2.45) is 5.92 Å². The molecule has 1 aromatic rings. The Kier molecular flexibility index (Phi) is 4.19. The lowest BCUT2D eigenvalue weighted by molar-refractivity contribution is -0.0286. The van der Waals surface area contributed by atoms with Crippen LogP contribution in [0.5, 0.6) is 0 Å². The van der Waals surface area contributed by atoms with Crippen molar-refractivity contribution in [3.8, 4) is 0 Å². The number of aliphatic hydroxyl groups is 2. The minimum atomic E-state index is -0.929. The van der Waals surface area contributed by atoms with Crippen molar-refractivity contribution in [3.05, 3.63) is 23.4 Å². The van der Waals surface area contributed by atoms with E-state index in [1.165, 1.54) is 6.42 Å². The second kappa shape index (κ2) is 5.67. The summed E-state index contributed by atoms with van der Waals surface area (Å²) >= 11 is 0. The molecule has 0 aliphatic heterocycles. The molecule has 0 bridgehead atoms. The zero-order chi connectivity index (χ0) is 13.1. The minimum absolute atomic E-state index is 0.174. The van der Waals surface area contributed by atoms with Gasteiger partial charge in [-0.25, -0.2) is 4.98 Å². The first kappa shape index (κ1) is 13.3. The van der Waals surface area contributed by atoms with Gasteiger partial charge in [0.15, 0.2) is 0 Å². The Morgan fingerprint density at radius 3 is 2.56 bits per heavy atom. The molecule has 1 aliphatic carbocycles. The smallest absolute Gasteiger partial charge is 0.129 e. The molecule has 2 unspecified atom stereocenters. The lowest BCUT2D eigenvalue weighted by Crippen LogP contribution is -2.30. The molecule has 0 saturated heterocycles. The number of hydrogen-bond donors (Lipinski definition) is 3. The zero-order valence-electron chi connectivity index (χ0n) is 10.8. The van der Waals surface area contributed by atoms with Gasteiger partial charge >= 0.3 is 0 Å². The van der Waals surface area contributed by atoms with Crippen LogP contribution in [0.1, 0.15) is 49.3 Å². The first-order valence-electron chi connectivity index (χ1n) is 6.68. The molecule has 0 radical (unpaired) electrons. The molecule has 2 rings (SSSR count). The van der Waals surface area contributed by atoms with Gasteiger partial charge in [-0.15, -0.1) is 0 Å². The van der Waals surface area contributed by atoms with E-state index in [2.05, 4.69) is 4.98 Å². The fourth-order valence-electron chi connectivity index (χ4n) is 2.88. The van der Waals surface area contributed by atoms with E-state index in [0.29, 0.717) is 11.4 Å². The quantitative estimate of drug-likeness (QED) is 0.766. The maximum absolute atomic E-state index is 10.3. The van der Waals surface area contributed by atoms with Crippen LogP contribution in [0.15, 0.2) is 12.3 Å². The van der Waals surface area contributed by atoms with Crippen LogP contribution in [0.3, 0.4) is 0 Å². The van der Waals surface area contributed by atoms with Crippen molar-refractivity contribution in [1.29, 1.82) is 0 Å². The van der Waals surface area contributed by atoms with Crippen LogP contribution >= 0.6 is 0 Å². The topological polar surface area (TPSA) is 79.4 Å². The van der Waals surface area contributed by atoms with E-state index in [9.17, 15) is 10.2 Å². The SMILES string of the molecule is Cc1ccnc(N)c1C(O)C(O)C1CCCCC1. The predicted molar refractivity (Wildman–Crippen MR) is 70.9 cm³/mol. The van der Waals surface area contributed by atoms with Crippen molar-refractivity contribution < 1.29 is 10.2 Å². The van der Waals surface area contributed by atoms with Gasteiger partial charge < -0.3 is 15.9 Å². The standard InChI is InChI=1S/C14H22N2O2/c1-9-7-8-16-14(15)11(9)13(18)12(17)10-5-3-2-4-6-10/h7-8,10,12-13,17-18H,2-6H2,1H3,(H2,15,16). The van der Waals surface area contributed by atoms with Crippen LogP contribution in [0, 0.1) is 12.8 Å². The zero-order valence-corrected chi connectivity index (χ0v) is 10.8. The van der Waals surface area contributed by atoms with Crippen molar-refractivity contribution in [1.82, 2.24) is 4.98 Å². The van der Waals surface area contributed by atoms with E-state index >= 15 is 0 Å². The molecule has 0 amide bonds. The van der Waals surface area contributed by atoms with Crippen molar-refractivity contribution in [3.63, 3.8) is 0 Å². The van der Waals surface area contributed by atoms with E-state index < -0.39 is 12.2 Å². The molecule has 1 fully saturated rings. The lowest BCUT2D eigenvalue weighted by atomic mass is 9.81. The predicted octanol–water partition coefficient (Wildman–Crippen LogP) is 1.95. The molecule has 2 atom stereocenters. The minimum Gasteiger partial charge on any atom is -0.390 e. The second-order valence-corrected chi connectivity index (χ2v) is 5.26. The van der Waals surface area contributed by atoms with Gasteiger partial charge in [0.25, 0.3) is 0 Å². The molecule has 1 saturated carbocycles. The average molecular weight is 250 g/mol. The summed E-state index contributed by atoms with van der Waals surface area (Å²) < 4.78 is 0. The van der Waals surface area contributed by atoms with Crippen LogP contribution in [-0.2, 0) is 0 Å². The summed E-state index contributed by atoms with van der Waals surface area (Å²) in [5.41, 5.74) is 7.27. The molecule has 100 valence electrons. The summed E-state index contributed by atoms with van der Waals surface area (Å²) in [4.78, 5) is 4.00. The highest BCUT2D eigenvalue weighted by Crippen LogP contribution is 2.34. The number of nitrogens with two attached hydrogens (primary N) is 1. The Hall–Kier alpha value is -1.13. The highest BCUT2D eigenvalue weighted by Gasteiger charge is 2.30. The number of aliphatic hydroxyl groups excluding tert-OH is 2. The Labute approximate surface area is 108 Å². The van der Waals surface area contributed by atoms with E-state index in [1.54, 1.807) is 6.20 Å². The summed E-state index contributed by atoms with van der Waals surface area (Å²) in [6.45, 7) is 1.88. The molecule has 0 spiro atoms. The molecule has 1 aromatic heterocycles. The number of aryl methyl sites for hydroxylation is 1. The number of rotatable bonds is 3. The van der Waals surface area contributed by atoms with Crippen LogP contribution in [0.25, 0.3) is 0 Å². The molecule has 4 heteroatoms. The van der Waals surface area contributed by atoms with Gasteiger partial charge in [-0.3, -0.25) is 0 Å². The number of nitrogen functional groups attached to an aromatic ring is 1. The van der Waals surface area contributed by atoms with Crippen LogP contribution in [0.4, 0.5) is 5.82 Å². The summed E-state index contributed by atoms with van der Waals surface area (Å²) in [6.07, 6.45) is 5.42. The molecular weight excluding hydrogens is 228 g/mol.